The summed E-state index contributed by atoms with van der Waals surface area (Å²) in [5.41, 5.74) is 15.7. The number of nitrogens with one attached hydrogen (secondary N) is 2. The highest BCUT2D eigenvalue weighted by Gasteiger charge is 2.44. The lowest BCUT2D eigenvalue weighted by Crippen LogP contribution is -2.52. The maximum atomic E-state index is 14.7. The molecule has 5 atom stereocenters. The van der Waals surface area contributed by atoms with Gasteiger partial charge in [0.25, 0.3) is 11.8 Å². The number of nitrogens with two attached hydrogens (primary N) is 2. The molecule has 3 aromatic carbocycles. The van der Waals surface area contributed by atoms with Crippen LogP contribution in [-0.4, -0.2) is 99.2 Å². The van der Waals surface area contributed by atoms with Crippen molar-refractivity contribution in [1.82, 2.24) is 25.4 Å². The average molecular weight is 1030 g/mol. The smallest absolute Gasteiger partial charge is 0.253 e. The van der Waals surface area contributed by atoms with Crippen molar-refractivity contribution in [3.63, 3.8) is 0 Å². The normalized spacial score (nSPS) is 21.9. The highest BCUT2D eigenvalue weighted by Crippen LogP contribution is 2.41. The number of sulfone groups is 1. The SMILES string of the molecule is CCC1(CC)CC(=O)N(C(CCCc2cc(C(=O)N[C@@H]3c4ccccc4C[C@@]3(C)O)cc(C(CCS(C)(=O)=O)N3C(=O)CC(CC)(CC)N=C3N)c2)c2cncc(C(=O)N[C@H]3CCOc4ccccc43)c2)C(N)=N1. The van der Waals surface area contributed by atoms with Crippen molar-refractivity contribution < 1.29 is 37.4 Å². The molecule has 2 unspecified atom stereocenters. The maximum absolute atomic E-state index is 14.7. The van der Waals surface area contributed by atoms with Gasteiger partial charge in [-0.15, -0.1) is 0 Å². The highest BCUT2D eigenvalue weighted by atomic mass is 32.2. The number of amides is 4. The summed E-state index contributed by atoms with van der Waals surface area (Å²) >= 11 is 0. The number of carbonyl (C=O) groups is 4. The summed E-state index contributed by atoms with van der Waals surface area (Å²) in [5.74, 6) is -0.860. The second kappa shape index (κ2) is 21.7. The molecular formula is C56H71N9O8S. The minimum absolute atomic E-state index is 0.0241. The van der Waals surface area contributed by atoms with Crippen molar-refractivity contribution in [3.8, 4) is 5.75 Å². The van der Waals surface area contributed by atoms with E-state index in [1.165, 1.54) is 16.0 Å². The molecule has 0 radical (unpaired) electrons. The zero-order valence-corrected chi connectivity index (χ0v) is 44.2. The number of rotatable bonds is 19. The molecule has 4 aromatic rings. The van der Waals surface area contributed by atoms with E-state index in [2.05, 4.69) is 15.6 Å². The van der Waals surface area contributed by atoms with Crippen LogP contribution in [0.2, 0.25) is 0 Å². The summed E-state index contributed by atoms with van der Waals surface area (Å²) in [6, 6.07) is 19.5. The molecule has 394 valence electrons. The van der Waals surface area contributed by atoms with Crippen LogP contribution in [0.5, 0.6) is 5.75 Å². The third-order valence-electron chi connectivity index (χ3n) is 15.8. The van der Waals surface area contributed by atoms with Crippen LogP contribution in [-0.2, 0) is 32.3 Å². The van der Waals surface area contributed by atoms with E-state index in [1.54, 1.807) is 31.3 Å². The number of hydrogen-bond donors (Lipinski definition) is 5. The Labute approximate surface area is 434 Å². The lowest BCUT2D eigenvalue weighted by Gasteiger charge is -2.40. The summed E-state index contributed by atoms with van der Waals surface area (Å²) in [5, 5.41) is 17.9. The second-order valence-corrected chi connectivity index (χ2v) is 23.1. The fourth-order valence-electron chi connectivity index (χ4n) is 11.3. The first-order valence-corrected chi connectivity index (χ1v) is 28.0. The molecule has 0 bridgehead atoms. The predicted octanol–water partition coefficient (Wildman–Crippen LogP) is 6.86. The van der Waals surface area contributed by atoms with E-state index < -0.39 is 50.5 Å². The van der Waals surface area contributed by atoms with Crippen LogP contribution >= 0.6 is 0 Å². The molecule has 7 N–H and O–H groups in total. The standard InChI is InChI=1S/C56H71N9O8S/c1-7-55(8-2)31-47(66)64(52(57)62-55)44(39-29-40(34-59-33-39)51(69)60-43-22-24-73-46-21-14-13-19-42(43)46)20-15-16-35-26-37(28-38(27-35)50(68)61-49-41-18-12-11-17-36(41)30-54(49,5)70)45(23-25-74(6,71)72)65-48(67)32-56(9-3,10-4)63-53(65)58/h11-14,17-19,21,26-29,33-34,43-45,49,70H,7-10,15-16,20,22-25,30-32H2,1-6H3,(H2,57,62)(H2,58,63)(H,60,69)(H,61,68)/t43-,44?,45?,49+,54+/m0/s1. The van der Waals surface area contributed by atoms with Gasteiger partial charge >= 0.3 is 0 Å². The number of aliphatic hydroxyl groups is 1. The van der Waals surface area contributed by atoms with Gasteiger partial charge in [-0.1, -0.05) is 76.2 Å². The van der Waals surface area contributed by atoms with Crippen molar-refractivity contribution in [2.45, 2.75) is 153 Å². The first kappa shape index (κ1) is 53.6. The fourth-order valence-corrected chi connectivity index (χ4v) is 11.9. The van der Waals surface area contributed by atoms with Crippen LogP contribution < -0.4 is 26.8 Å². The largest absolute Gasteiger partial charge is 0.493 e. The number of aryl methyl sites for hydroxylation is 1. The monoisotopic (exact) mass is 1030 g/mol. The van der Waals surface area contributed by atoms with E-state index in [0.717, 1.165) is 22.9 Å². The number of hydrogen-bond acceptors (Lipinski definition) is 13. The quantitative estimate of drug-likeness (QED) is 0.0648. The zero-order chi connectivity index (χ0) is 53.2. The van der Waals surface area contributed by atoms with E-state index >= 15 is 0 Å². The number of aliphatic imine (C=N–C) groups is 2. The molecule has 0 spiro atoms. The zero-order valence-electron chi connectivity index (χ0n) is 43.4. The van der Waals surface area contributed by atoms with Crippen molar-refractivity contribution >= 4 is 45.4 Å². The van der Waals surface area contributed by atoms with E-state index in [0.29, 0.717) is 92.4 Å². The van der Waals surface area contributed by atoms with Crippen molar-refractivity contribution in [2.24, 2.45) is 21.5 Å². The van der Waals surface area contributed by atoms with Crippen LogP contribution in [0.3, 0.4) is 0 Å². The van der Waals surface area contributed by atoms with Crippen LogP contribution in [0.1, 0.15) is 177 Å². The number of carbonyl (C=O) groups excluding carboxylic acids is 4. The minimum atomic E-state index is -3.55. The Kier molecular flexibility index (Phi) is 15.7. The molecule has 1 aliphatic carbocycles. The number of nitrogens with zero attached hydrogens (tertiary/aromatic N) is 5. The van der Waals surface area contributed by atoms with Crippen LogP contribution in [0.15, 0.2) is 95.2 Å². The molecule has 1 aromatic heterocycles. The van der Waals surface area contributed by atoms with Crippen LogP contribution in [0, 0.1) is 0 Å². The first-order valence-electron chi connectivity index (χ1n) is 26.0. The summed E-state index contributed by atoms with van der Waals surface area (Å²) in [7, 11) is -3.55. The number of para-hydroxylation sites is 1. The number of benzene rings is 3. The number of fused-ring (bicyclic) bond motifs is 2. The van der Waals surface area contributed by atoms with Gasteiger partial charge in [-0.05, 0) is 110 Å². The molecule has 0 saturated heterocycles. The molecule has 4 amide bonds. The van der Waals surface area contributed by atoms with Crippen LogP contribution in [0.25, 0.3) is 0 Å². The third-order valence-corrected chi connectivity index (χ3v) is 16.8. The topological polar surface area (TPSA) is 252 Å². The van der Waals surface area contributed by atoms with Crippen molar-refractivity contribution in [3.05, 3.63) is 130 Å². The lowest BCUT2D eigenvalue weighted by atomic mass is 9.86. The lowest BCUT2D eigenvalue weighted by molar-refractivity contribution is -0.132. The highest BCUT2D eigenvalue weighted by molar-refractivity contribution is 7.90. The Morgan fingerprint density at radius 3 is 1.97 bits per heavy atom. The number of aromatic nitrogens is 1. The van der Waals surface area contributed by atoms with Gasteiger partial charge in [0.15, 0.2) is 11.9 Å². The molecule has 0 saturated carbocycles. The number of guanidine groups is 2. The van der Waals surface area contributed by atoms with Gasteiger partial charge in [0, 0.05) is 42.6 Å². The molecule has 0 fully saturated rings. The summed E-state index contributed by atoms with van der Waals surface area (Å²) < 4.78 is 31.5. The molecule has 74 heavy (non-hydrogen) atoms. The molecular weight excluding hydrogens is 959 g/mol. The molecule has 8 rings (SSSR count). The average Bonchev–Trinajstić information content (AvgIpc) is 3.63. The summed E-state index contributed by atoms with van der Waals surface area (Å²) in [6.45, 7) is 10.0. The fraction of sp³-hybridized carbons (Fsp3) is 0.482. The predicted molar refractivity (Wildman–Crippen MR) is 284 cm³/mol. The van der Waals surface area contributed by atoms with Gasteiger partial charge in [0.05, 0.1) is 71.6 Å². The van der Waals surface area contributed by atoms with Crippen molar-refractivity contribution in [2.75, 3.05) is 18.6 Å². The Balaban J connectivity index is 1.16. The van der Waals surface area contributed by atoms with E-state index in [9.17, 15) is 32.7 Å². The van der Waals surface area contributed by atoms with Gasteiger partial charge < -0.3 is 31.9 Å². The van der Waals surface area contributed by atoms with Gasteiger partial charge in [-0.25, -0.2) is 18.4 Å². The maximum Gasteiger partial charge on any atom is 0.253 e. The molecule has 17 nitrogen and oxygen atoms in total. The molecule has 4 heterocycles. The van der Waals surface area contributed by atoms with Crippen LogP contribution in [0.4, 0.5) is 0 Å². The molecule has 3 aliphatic heterocycles. The molecule has 4 aliphatic rings. The number of ether oxygens (including phenoxy) is 1. The van der Waals surface area contributed by atoms with E-state index in [4.69, 9.17) is 26.2 Å². The van der Waals surface area contributed by atoms with Crippen molar-refractivity contribution in [1.29, 1.82) is 0 Å². The Morgan fingerprint density at radius 1 is 0.770 bits per heavy atom. The minimum Gasteiger partial charge on any atom is -0.493 e. The Morgan fingerprint density at radius 2 is 1.35 bits per heavy atom. The first-order chi connectivity index (χ1) is 35.2. The van der Waals surface area contributed by atoms with Gasteiger partial charge in [-0.2, -0.15) is 0 Å². The Bertz CT molecular complexity index is 2970. The summed E-state index contributed by atoms with van der Waals surface area (Å²) in [4.78, 5) is 74.5. The molecule has 18 heteroatoms. The van der Waals surface area contributed by atoms with Gasteiger partial charge in [0.1, 0.15) is 15.6 Å². The van der Waals surface area contributed by atoms with E-state index in [1.807, 2.05) is 82.3 Å². The van der Waals surface area contributed by atoms with Gasteiger partial charge in [-0.3, -0.25) is 34.0 Å². The summed E-state index contributed by atoms with van der Waals surface area (Å²) in [6.07, 6.45) is 8.79. The number of pyridine rings is 1. The van der Waals surface area contributed by atoms with E-state index in [-0.39, 0.29) is 66.3 Å². The van der Waals surface area contributed by atoms with Gasteiger partial charge in [0.2, 0.25) is 11.8 Å². The third kappa shape index (κ3) is 11.4. The Hall–Kier alpha value is -6.66. The second-order valence-electron chi connectivity index (χ2n) is 20.8.